The van der Waals surface area contributed by atoms with Gasteiger partial charge in [0.05, 0.1) is 29.9 Å². The van der Waals surface area contributed by atoms with Gasteiger partial charge >= 0.3 is 5.97 Å². The van der Waals surface area contributed by atoms with E-state index in [2.05, 4.69) is 0 Å². The molecule has 0 amide bonds. The van der Waals surface area contributed by atoms with Crippen LogP contribution in [-0.4, -0.2) is 33.1 Å². The van der Waals surface area contributed by atoms with E-state index in [-0.39, 0.29) is 43.0 Å². The highest BCUT2D eigenvalue weighted by Gasteiger charge is 2.20. The summed E-state index contributed by atoms with van der Waals surface area (Å²) in [6.45, 7) is 4.76. The van der Waals surface area contributed by atoms with Crippen LogP contribution in [0.25, 0.3) is 0 Å². The number of rotatable bonds is 5. The number of nitro benzene ring substituents is 2. The van der Waals surface area contributed by atoms with Crippen LogP contribution >= 0.6 is 46.4 Å². The predicted molar refractivity (Wildman–Crippen MR) is 119 cm³/mol. The van der Waals surface area contributed by atoms with Crippen LogP contribution in [0.4, 0.5) is 11.4 Å². The van der Waals surface area contributed by atoms with E-state index in [1.165, 1.54) is 0 Å². The average Bonchev–Trinajstić information content (AvgIpc) is 2.63. The van der Waals surface area contributed by atoms with Gasteiger partial charge in [0.2, 0.25) is 0 Å². The lowest BCUT2D eigenvalue weighted by Crippen LogP contribution is -2.27. The number of carbonyl (C=O) groups is 1. The van der Waals surface area contributed by atoms with Gasteiger partial charge in [0, 0.05) is 24.3 Å². The fraction of sp³-hybridized carbons (Fsp3) is 0.278. The van der Waals surface area contributed by atoms with Gasteiger partial charge in [-0.15, -0.1) is 0 Å². The Labute approximate surface area is 201 Å². The molecule has 2 aromatic rings. The fourth-order valence-electron chi connectivity index (χ4n) is 1.95. The van der Waals surface area contributed by atoms with Crippen molar-refractivity contribution in [3.05, 3.63) is 64.6 Å². The van der Waals surface area contributed by atoms with E-state index in [0.29, 0.717) is 0 Å². The second-order valence-electron chi connectivity index (χ2n) is 6.89. The number of hydrogen-bond donors (Lipinski definition) is 1. The Morgan fingerprint density at radius 2 is 1.28 bits per heavy atom. The van der Waals surface area contributed by atoms with Crippen molar-refractivity contribution in [3.63, 3.8) is 0 Å². The van der Waals surface area contributed by atoms with Crippen molar-refractivity contribution >= 4 is 63.7 Å². The van der Waals surface area contributed by atoms with E-state index in [9.17, 15) is 25.0 Å². The standard InChI is InChI=1S/C12H13Cl2NO5.C6H3Cl2NO3/c1-12(2,3)20-10(16)6-19-11-8(13)4-7(15(17)18)5-9(11)14;7-4-1-3(9(11)12)2-5(8)6(4)10/h4-5H,6H2,1-3H3;1-2,10H. The number of esters is 1. The minimum Gasteiger partial charge on any atom is -0.505 e. The second kappa shape index (κ2) is 11.4. The molecule has 0 spiro atoms. The molecular weight excluding hydrogens is 514 g/mol. The van der Waals surface area contributed by atoms with Crippen LogP contribution in [0, 0.1) is 20.2 Å². The normalized spacial score (nSPS) is 10.6. The van der Waals surface area contributed by atoms with Crippen LogP contribution in [0.3, 0.4) is 0 Å². The molecule has 14 heteroatoms. The molecule has 0 unspecified atom stereocenters. The highest BCUT2D eigenvalue weighted by atomic mass is 35.5. The Kier molecular flexibility index (Phi) is 9.77. The smallest absolute Gasteiger partial charge is 0.344 e. The third-order valence-electron chi connectivity index (χ3n) is 3.16. The first kappa shape index (κ1) is 27.5. The minimum absolute atomic E-state index is 0.00444. The van der Waals surface area contributed by atoms with Crippen molar-refractivity contribution in [1.29, 1.82) is 0 Å². The fourth-order valence-corrected chi connectivity index (χ4v) is 3.01. The Balaban J connectivity index is 0.000000363. The number of benzene rings is 2. The minimum atomic E-state index is -0.642. The molecule has 10 nitrogen and oxygen atoms in total. The summed E-state index contributed by atoms with van der Waals surface area (Å²) in [5.41, 5.74) is -1.14. The number of ether oxygens (including phenoxy) is 2. The van der Waals surface area contributed by atoms with Gasteiger partial charge in [-0.2, -0.15) is 0 Å². The van der Waals surface area contributed by atoms with Crippen LogP contribution in [0.1, 0.15) is 20.8 Å². The SMILES string of the molecule is CC(C)(C)OC(=O)COc1c(Cl)cc([N+](=O)[O-])cc1Cl.O=[N+]([O-])c1cc(Cl)c(O)c(Cl)c1. The summed E-state index contributed by atoms with van der Waals surface area (Å²) in [4.78, 5) is 31.1. The lowest BCUT2D eigenvalue weighted by molar-refractivity contribution is -0.385. The van der Waals surface area contributed by atoms with E-state index in [4.69, 9.17) is 61.0 Å². The molecule has 0 aromatic heterocycles. The van der Waals surface area contributed by atoms with Crippen LogP contribution < -0.4 is 4.74 Å². The quantitative estimate of drug-likeness (QED) is 0.273. The van der Waals surface area contributed by atoms with Gasteiger partial charge in [-0.3, -0.25) is 20.2 Å². The largest absolute Gasteiger partial charge is 0.505 e. The number of halogens is 4. The Morgan fingerprint density at radius 1 is 0.906 bits per heavy atom. The molecule has 0 radical (unpaired) electrons. The number of non-ortho nitro benzene ring substituents is 2. The number of phenols is 1. The van der Waals surface area contributed by atoms with Gasteiger partial charge in [-0.1, -0.05) is 46.4 Å². The number of phenolic OH excluding ortho intramolecular Hbond substituents is 1. The zero-order valence-corrected chi connectivity index (χ0v) is 19.8. The molecule has 0 bridgehead atoms. The summed E-state index contributed by atoms with van der Waals surface area (Å²) < 4.78 is 10.2. The highest BCUT2D eigenvalue weighted by Crippen LogP contribution is 2.37. The van der Waals surface area contributed by atoms with E-state index in [0.717, 1.165) is 24.3 Å². The summed E-state index contributed by atoms with van der Waals surface area (Å²) in [6.07, 6.45) is 0. The van der Waals surface area contributed by atoms with Crippen molar-refractivity contribution in [2.75, 3.05) is 6.61 Å². The maximum absolute atomic E-state index is 11.5. The van der Waals surface area contributed by atoms with Crippen LogP contribution in [0.2, 0.25) is 20.1 Å². The lowest BCUT2D eigenvalue weighted by atomic mass is 10.2. The maximum Gasteiger partial charge on any atom is 0.344 e. The van der Waals surface area contributed by atoms with Gasteiger partial charge in [-0.05, 0) is 20.8 Å². The zero-order valence-electron chi connectivity index (χ0n) is 16.7. The first-order valence-corrected chi connectivity index (χ1v) is 9.94. The Hall–Kier alpha value is -2.53. The van der Waals surface area contributed by atoms with E-state index in [1.54, 1.807) is 20.8 Å². The molecule has 174 valence electrons. The van der Waals surface area contributed by atoms with Gasteiger partial charge in [0.1, 0.15) is 5.60 Å². The number of hydrogen-bond acceptors (Lipinski definition) is 8. The Bertz CT molecular complexity index is 994. The van der Waals surface area contributed by atoms with Gasteiger partial charge < -0.3 is 14.6 Å². The number of carbonyl (C=O) groups excluding carboxylic acids is 1. The van der Waals surface area contributed by atoms with Crippen LogP contribution in [0.15, 0.2) is 24.3 Å². The zero-order chi connectivity index (χ0) is 24.8. The molecule has 0 heterocycles. The molecule has 1 N–H and O–H groups in total. The molecule has 0 saturated carbocycles. The number of aromatic hydroxyl groups is 1. The molecule has 0 fully saturated rings. The van der Waals surface area contributed by atoms with Gasteiger partial charge in [0.15, 0.2) is 18.1 Å². The first-order chi connectivity index (χ1) is 14.6. The third-order valence-corrected chi connectivity index (χ3v) is 4.30. The van der Waals surface area contributed by atoms with Crippen molar-refractivity contribution in [3.8, 4) is 11.5 Å². The summed E-state index contributed by atoms with van der Waals surface area (Å²) >= 11 is 22.5. The summed E-state index contributed by atoms with van der Waals surface area (Å²) in [5, 5.41) is 29.5. The highest BCUT2D eigenvalue weighted by molar-refractivity contribution is 6.38. The van der Waals surface area contributed by atoms with Crippen molar-refractivity contribution in [2.24, 2.45) is 0 Å². The van der Waals surface area contributed by atoms with E-state index < -0.39 is 28.0 Å². The van der Waals surface area contributed by atoms with E-state index in [1.807, 2.05) is 0 Å². The van der Waals surface area contributed by atoms with Crippen molar-refractivity contribution in [2.45, 2.75) is 26.4 Å². The average molecular weight is 530 g/mol. The summed E-state index contributed by atoms with van der Waals surface area (Å²) in [5.74, 6) is -0.934. The summed E-state index contributed by atoms with van der Waals surface area (Å²) in [7, 11) is 0. The monoisotopic (exact) mass is 528 g/mol. The molecule has 32 heavy (non-hydrogen) atoms. The number of nitro groups is 2. The lowest BCUT2D eigenvalue weighted by Gasteiger charge is -2.19. The van der Waals surface area contributed by atoms with Gasteiger partial charge in [-0.25, -0.2) is 4.79 Å². The van der Waals surface area contributed by atoms with Crippen LogP contribution in [0.5, 0.6) is 11.5 Å². The third kappa shape index (κ3) is 8.54. The molecule has 0 aliphatic carbocycles. The predicted octanol–water partition coefficient (Wildman–Crippen LogP) is 6.23. The second-order valence-corrected chi connectivity index (χ2v) is 8.51. The number of nitrogens with zero attached hydrogens (tertiary/aromatic N) is 2. The van der Waals surface area contributed by atoms with Crippen molar-refractivity contribution in [1.82, 2.24) is 0 Å². The molecule has 0 saturated heterocycles. The molecule has 0 aliphatic rings. The van der Waals surface area contributed by atoms with Gasteiger partial charge in [0.25, 0.3) is 11.4 Å². The summed E-state index contributed by atoms with van der Waals surface area (Å²) in [6, 6.07) is 4.25. The molecule has 2 rings (SSSR count). The Morgan fingerprint density at radius 3 is 1.62 bits per heavy atom. The maximum atomic E-state index is 11.5. The van der Waals surface area contributed by atoms with Crippen LogP contribution in [-0.2, 0) is 9.53 Å². The molecule has 0 aliphatic heterocycles. The molecule has 0 atom stereocenters. The van der Waals surface area contributed by atoms with E-state index >= 15 is 0 Å². The molecular formula is C18H16Cl4N2O8. The van der Waals surface area contributed by atoms with Crippen molar-refractivity contribution < 1.29 is 29.2 Å². The molecule has 2 aromatic carbocycles. The topological polar surface area (TPSA) is 142 Å². The first-order valence-electron chi connectivity index (χ1n) is 8.43.